The second-order valence-corrected chi connectivity index (χ2v) is 4.52. The van der Waals surface area contributed by atoms with Crippen molar-refractivity contribution in [1.29, 1.82) is 0 Å². The van der Waals surface area contributed by atoms with Crippen molar-refractivity contribution in [2.75, 3.05) is 6.54 Å². The Kier molecular flexibility index (Phi) is 1.68. The van der Waals surface area contributed by atoms with Gasteiger partial charge in [-0.25, -0.2) is 4.79 Å². The van der Waals surface area contributed by atoms with Crippen molar-refractivity contribution in [3.05, 3.63) is 34.9 Å². The van der Waals surface area contributed by atoms with Gasteiger partial charge in [-0.05, 0) is 30.0 Å². The molecule has 2 aliphatic rings. The van der Waals surface area contributed by atoms with E-state index in [4.69, 9.17) is 5.11 Å². The zero-order valence-corrected chi connectivity index (χ0v) is 8.42. The summed E-state index contributed by atoms with van der Waals surface area (Å²) in [4.78, 5) is 11.1. The Morgan fingerprint density at radius 3 is 2.87 bits per heavy atom. The van der Waals surface area contributed by atoms with E-state index < -0.39 is 5.97 Å². The van der Waals surface area contributed by atoms with Crippen LogP contribution in [-0.4, -0.2) is 17.6 Å². The number of hydrogen-bond donors (Lipinski definition) is 2. The molecule has 1 heterocycles. The standard InChI is InChI=1S/C12H13NO2/c14-11(15)8-2-1-3-10-9(8)6-13-7-12(10)4-5-12/h1-3,13H,4-7H2,(H,14,15). The van der Waals surface area contributed by atoms with Gasteiger partial charge in [0.05, 0.1) is 5.56 Å². The van der Waals surface area contributed by atoms with Crippen LogP contribution in [-0.2, 0) is 12.0 Å². The van der Waals surface area contributed by atoms with Gasteiger partial charge in [0.15, 0.2) is 0 Å². The number of nitrogens with one attached hydrogen (secondary N) is 1. The van der Waals surface area contributed by atoms with Crippen LogP contribution < -0.4 is 5.32 Å². The Morgan fingerprint density at radius 2 is 2.20 bits per heavy atom. The molecule has 1 spiro atoms. The molecule has 2 N–H and O–H groups in total. The van der Waals surface area contributed by atoms with Gasteiger partial charge in [0.25, 0.3) is 0 Å². The van der Waals surface area contributed by atoms with Gasteiger partial charge in [0, 0.05) is 18.5 Å². The molecule has 0 unspecified atom stereocenters. The van der Waals surface area contributed by atoms with Crippen molar-refractivity contribution in [2.24, 2.45) is 0 Å². The normalized spacial score (nSPS) is 21.1. The van der Waals surface area contributed by atoms with E-state index in [-0.39, 0.29) is 5.41 Å². The zero-order chi connectivity index (χ0) is 10.5. The van der Waals surface area contributed by atoms with Crippen LogP contribution in [0.15, 0.2) is 18.2 Å². The third kappa shape index (κ3) is 1.20. The van der Waals surface area contributed by atoms with E-state index in [0.717, 1.165) is 12.1 Å². The lowest BCUT2D eigenvalue weighted by molar-refractivity contribution is 0.0695. The summed E-state index contributed by atoms with van der Waals surface area (Å²) in [6.07, 6.45) is 2.38. The first kappa shape index (κ1) is 8.92. The Bertz CT molecular complexity index is 435. The van der Waals surface area contributed by atoms with Gasteiger partial charge in [-0.3, -0.25) is 0 Å². The largest absolute Gasteiger partial charge is 0.478 e. The Morgan fingerprint density at radius 1 is 1.40 bits per heavy atom. The fourth-order valence-electron chi connectivity index (χ4n) is 2.59. The molecule has 3 nitrogen and oxygen atoms in total. The van der Waals surface area contributed by atoms with E-state index >= 15 is 0 Å². The van der Waals surface area contributed by atoms with Gasteiger partial charge in [0.2, 0.25) is 0 Å². The number of rotatable bonds is 1. The summed E-state index contributed by atoms with van der Waals surface area (Å²) in [7, 11) is 0. The Labute approximate surface area is 88.1 Å². The summed E-state index contributed by atoms with van der Waals surface area (Å²) in [5, 5.41) is 12.4. The maximum atomic E-state index is 11.1. The second kappa shape index (κ2) is 2.83. The molecule has 1 aromatic rings. The lowest BCUT2D eigenvalue weighted by atomic mass is 9.85. The molecule has 15 heavy (non-hydrogen) atoms. The molecule has 0 aromatic heterocycles. The number of carbonyl (C=O) groups is 1. The highest BCUT2D eigenvalue weighted by Crippen LogP contribution is 2.50. The quantitative estimate of drug-likeness (QED) is 0.727. The molecule has 0 radical (unpaired) electrons. The fourth-order valence-corrected chi connectivity index (χ4v) is 2.59. The highest BCUT2D eigenvalue weighted by Gasteiger charge is 2.47. The van der Waals surface area contributed by atoms with Crippen molar-refractivity contribution < 1.29 is 9.90 Å². The Balaban J connectivity index is 2.18. The maximum Gasteiger partial charge on any atom is 0.336 e. The predicted octanol–water partition coefficient (Wildman–Crippen LogP) is 1.52. The summed E-state index contributed by atoms with van der Waals surface area (Å²) in [6, 6.07) is 5.66. The summed E-state index contributed by atoms with van der Waals surface area (Å²) in [6.45, 7) is 1.70. The molecule has 3 rings (SSSR count). The van der Waals surface area contributed by atoms with Gasteiger partial charge >= 0.3 is 5.97 Å². The van der Waals surface area contributed by atoms with Crippen LogP contribution in [0.2, 0.25) is 0 Å². The van der Waals surface area contributed by atoms with E-state index in [1.807, 2.05) is 6.07 Å². The van der Waals surface area contributed by atoms with E-state index in [1.165, 1.54) is 18.4 Å². The van der Waals surface area contributed by atoms with Crippen LogP contribution in [0.1, 0.15) is 34.3 Å². The van der Waals surface area contributed by atoms with Crippen LogP contribution in [0.25, 0.3) is 0 Å². The number of aromatic carboxylic acids is 1. The zero-order valence-electron chi connectivity index (χ0n) is 8.42. The van der Waals surface area contributed by atoms with Crippen LogP contribution in [0, 0.1) is 0 Å². The van der Waals surface area contributed by atoms with Crippen molar-refractivity contribution >= 4 is 5.97 Å². The summed E-state index contributed by atoms with van der Waals surface area (Å²) in [5.41, 5.74) is 2.99. The predicted molar refractivity (Wildman–Crippen MR) is 56.0 cm³/mol. The van der Waals surface area contributed by atoms with Crippen molar-refractivity contribution in [3.63, 3.8) is 0 Å². The molecular weight excluding hydrogens is 190 g/mol. The first-order valence-corrected chi connectivity index (χ1v) is 5.29. The number of hydrogen-bond acceptors (Lipinski definition) is 2. The number of carboxylic acids is 1. The number of carboxylic acid groups (broad SMARTS) is 1. The third-order valence-corrected chi connectivity index (χ3v) is 3.60. The minimum Gasteiger partial charge on any atom is -0.478 e. The average Bonchev–Trinajstić information content (AvgIpc) is 2.98. The van der Waals surface area contributed by atoms with Crippen LogP contribution >= 0.6 is 0 Å². The molecule has 0 saturated heterocycles. The van der Waals surface area contributed by atoms with Crippen LogP contribution in [0.5, 0.6) is 0 Å². The van der Waals surface area contributed by atoms with Crippen molar-refractivity contribution in [2.45, 2.75) is 24.8 Å². The van der Waals surface area contributed by atoms with Crippen LogP contribution in [0.4, 0.5) is 0 Å². The monoisotopic (exact) mass is 203 g/mol. The molecule has 0 bridgehead atoms. The Hall–Kier alpha value is -1.35. The van der Waals surface area contributed by atoms with Crippen LogP contribution in [0.3, 0.4) is 0 Å². The van der Waals surface area contributed by atoms with Gasteiger partial charge in [-0.2, -0.15) is 0 Å². The topological polar surface area (TPSA) is 49.3 Å². The minimum atomic E-state index is -0.814. The van der Waals surface area contributed by atoms with E-state index in [9.17, 15) is 4.79 Å². The molecule has 1 aliphatic carbocycles. The molecule has 3 heteroatoms. The lowest BCUT2D eigenvalue weighted by Gasteiger charge is -2.27. The van der Waals surface area contributed by atoms with Gasteiger partial charge < -0.3 is 10.4 Å². The number of fused-ring (bicyclic) bond motifs is 2. The first-order chi connectivity index (χ1) is 7.23. The number of benzene rings is 1. The molecule has 1 aliphatic heterocycles. The molecule has 1 fully saturated rings. The van der Waals surface area contributed by atoms with E-state index in [1.54, 1.807) is 6.07 Å². The molecule has 1 aromatic carbocycles. The van der Waals surface area contributed by atoms with E-state index in [0.29, 0.717) is 12.1 Å². The van der Waals surface area contributed by atoms with Gasteiger partial charge in [-0.15, -0.1) is 0 Å². The average molecular weight is 203 g/mol. The smallest absolute Gasteiger partial charge is 0.336 e. The molecule has 0 atom stereocenters. The second-order valence-electron chi connectivity index (χ2n) is 4.52. The third-order valence-electron chi connectivity index (χ3n) is 3.60. The first-order valence-electron chi connectivity index (χ1n) is 5.29. The highest BCUT2D eigenvalue weighted by atomic mass is 16.4. The highest BCUT2D eigenvalue weighted by molar-refractivity contribution is 5.90. The van der Waals surface area contributed by atoms with Crippen molar-refractivity contribution in [1.82, 2.24) is 5.32 Å². The SMILES string of the molecule is O=C(O)c1cccc2c1CNCC21CC1. The molecule has 78 valence electrons. The van der Waals surface area contributed by atoms with E-state index in [2.05, 4.69) is 11.4 Å². The molecule has 1 saturated carbocycles. The van der Waals surface area contributed by atoms with Gasteiger partial charge in [-0.1, -0.05) is 12.1 Å². The minimum absolute atomic E-state index is 0.263. The summed E-state index contributed by atoms with van der Waals surface area (Å²) >= 11 is 0. The fraction of sp³-hybridized carbons (Fsp3) is 0.417. The van der Waals surface area contributed by atoms with Gasteiger partial charge in [0.1, 0.15) is 0 Å². The summed E-state index contributed by atoms with van der Waals surface area (Å²) in [5.74, 6) is -0.814. The molecular formula is C12H13NO2. The lowest BCUT2D eigenvalue weighted by Crippen LogP contribution is -2.34. The maximum absolute atomic E-state index is 11.1. The van der Waals surface area contributed by atoms with Crippen molar-refractivity contribution in [3.8, 4) is 0 Å². The summed E-state index contributed by atoms with van der Waals surface area (Å²) < 4.78 is 0. The molecule has 0 amide bonds.